The van der Waals surface area contributed by atoms with Gasteiger partial charge >= 0.3 is 5.97 Å². The second-order valence-corrected chi connectivity index (χ2v) is 4.94. The van der Waals surface area contributed by atoms with E-state index in [1.54, 1.807) is 25.3 Å². The first-order valence-electron chi connectivity index (χ1n) is 7.11. The van der Waals surface area contributed by atoms with Gasteiger partial charge in [-0.2, -0.15) is 0 Å². The summed E-state index contributed by atoms with van der Waals surface area (Å²) in [5.74, 6) is 0.942. The average molecular weight is 284 g/mol. The molecule has 0 aliphatic rings. The summed E-state index contributed by atoms with van der Waals surface area (Å²) in [4.78, 5) is 12.4. The molecule has 0 spiro atoms. The van der Waals surface area contributed by atoms with Gasteiger partial charge in [-0.25, -0.2) is 4.79 Å². The molecule has 2 rings (SSSR count). The zero-order valence-electron chi connectivity index (χ0n) is 12.6. The number of benzene rings is 2. The Morgan fingerprint density at radius 1 is 1.05 bits per heavy atom. The van der Waals surface area contributed by atoms with Crippen LogP contribution in [-0.4, -0.2) is 13.1 Å². The van der Waals surface area contributed by atoms with Crippen molar-refractivity contribution >= 4 is 5.97 Å². The summed E-state index contributed by atoms with van der Waals surface area (Å²) in [6.45, 7) is 4.21. The Balaban J connectivity index is 2.29. The molecule has 110 valence electrons. The van der Waals surface area contributed by atoms with Gasteiger partial charge in [-0.15, -0.1) is 0 Å². The number of esters is 1. The summed E-state index contributed by atoms with van der Waals surface area (Å²) in [5, 5.41) is 0. The van der Waals surface area contributed by atoms with Crippen LogP contribution in [0.3, 0.4) is 0 Å². The van der Waals surface area contributed by atoms with Crippen LogP contribution in [0.5, 0.6) is 11.5 Å². The predicted octanol–water partition coefficient (Wildman–Crippen LogP) is 4.43. The molecule has 0 saturated heterocycles. The highest BCUT2D eigenvalue weighted by Gasteiger charge is 2.17. The lowest BCUT2D eigenvalue weighted by Gasteiger charge is -2.14. The van der Waals surface area contributed by atoms with Crippen LogP contribution >= 0.6 is 0 Å². The van der Waals surface area contributed by atoms with E-state index in [2.05, 4.69) is 13.8 Å². The third-order valence-corrected chi connectivity index (χ3v) is 3.60. The Hall–Kier alpha value is -2.29. The van der Waals surface area contributed by atoms with Crippen LogP contribution in [0, 0.1) is 0 Å². The molecule has 0 heterocycles. The van der Waals surface area contributed by atoms with Crippen molar-refractivity contribution in [2.45, 2.75) is 26.2 Å². The van der Waals surface area contributed by atoms with Gasteiger partial charge in [-0.1, -0.05) is 44.2 Å². The molecule has 1 unspecified atom stereocenters. The zero-order valence-corrected chi connectivity index (χ0v) is 12.6. The van der Waals surface area contributed by atoms with Gasteiger partial charge in [0.1, 0.15) is 0 Å². The lowest BCUT2D eigenvalue weighted by atomic mass is 9.94. The zero-order chi connectivity index (χ0) is 15.2. The fraction of sp³-hybridized carbons (Fsp3) is 0.278. The first-order valence-corrected chi connectivity index (χ1v) is 7.11. The Morgan fingerprint density at radius 2 is 1.67 bits per heavy atom. The van der Waals surface area contributed by atoms with Gasteiger partial charge in [0.2, 0.25) is 0 Å². The topological polar surface area (TPSA) is 35.5 Å². The van der Waals surface area contributed by atoms with E-state index < -0.39 is 0 Å². The number of rotatable bonds is 5. The van der Waals surface area contributed by atoms with E-state index in [9.17, 15) is 4.79 Å². The van der Waals surface area contributed by atoms with Crippen LogP contribution in [0.15, 0.2) is 48.5 Å². The minimum atomic E-state index is -0.351. The molecule has 0 aliphatic carbocycles. The summed E-state index contributed by atoms with van der Waals surface area (Å²) in [7, 11) is 1.56. The van der Waals surface area contributed by atoms with Crippen LogP contribution in [0.1, 0.15) is 42.1 Å². The maximum atomic E-state index is 12.4. The smallest absolute Gasteiger partial charge is 0.343 e. The van der Waals surface area contributed by atoms with Crippen LogP contribution in [0.4, 0.5) is 0 Å². The second kappa shape index (κ2) is 6.93. The van der Waals surface area contributed by atoms with Gasteiger partial charge < -0.3 is 9.47 Å². The summed E-state index contributed by atoms with van der Waals surface area (Å²) in [5.41, 5.74) is 1.62. The highest BCUT2D eigenvalue weighted by Crippen LogP contribution is 2.28. The van der Waals surface area contributed by atoms with Crippen molar-refractivity contribution in [2.24, 2.45) is 0 Å². The van der Waals surface area contributed by atoms with Gasteiger partial charge in [0.15, 0.2) is 11.5 Å². The van der Waals surface area contributed by atoms with Crippen LogP contribution in [0.25, 0.3) is 0 Å². The number of carbonyl (C=O) groups excluding carboxylic acids is 1. The average Bonchev–Trinajstić information content (AvgIpc) is 2.54. The number of methoxy groups -OCH3 is 1. The third kappa shape index (κ3) is 3.43. The van der Waals surface area contributed by atoms with E-state index >= 15 is 0 Å². The van der Waals surface area contributed by atoms with Crippen molar-refractivity contribution in [3.63, 3.8) is 0 Å². The van der Waals surface area contributed by atoms with Gasteiger partial charge in [-0.05, 0) is 36.1 Å². The number of carbonyl (C=O) groups is 1. The van der Waals surface area contributed by atoms with E-state index in [0.29, 0.717) is 23.0 Å². The fourth-order valence-electron chi connectivity index (χ4n) is 2.19. The summed E-state index contributed by atoms with van der Waals surface area (Å²) in [6.07, 6.45) is 0.971. The van der Waals surface area contributed by atoms with Crippen LogP contribution in [0.2, 0.25) is 0 Å². The Bertz CT molecular complexity index is 619. The van der Waals surface area contributed by atoms with Crippen molar-refractivity contribution in [1.82, 2.24) is 0 Å². The third-order valence-electron chi connectivity index (χ3n) is 3.60. The molecule has 3 nitrogen and oxygen atoms in total. The maximum Gasteiger partial charge on any atom is 0.343 e. The molecule has 2 aromatic rings. The van der Waals surface area contributed by atoms with E-state index in [1.165, 1.54) is 0 Å². The Morgan fingerprint density at radius 3 is 2.33 bits per heavy atom. The molecular weight excluding hydrogens is 264 g/mol. The van der Waals surface area contributed by atoms with Gasteiger partial charge in [-0.3, -0.25) is 0 Å². The Labute approximate surface area is 125 Å². The lowest BCUT2D eigenvalue weighted by Crippen LogP contribution is -2.13. The first-order chi connectivity index (χ1) is 10.2. The van der Waals surface area contributed by atoms with Crippen molar-refractivity contribution in [2.75, 3.05) is 7.11 Å². The molecule has 0 fully saturated rings. The quantitative estimate of drug-likeness (QED) is 0.602. The predicted molar refractivity (Wildman–Crippen MR) is 83.1 cm³/mol. The van der Waals surface area contributed by atoms with Gasteiger partial charge in [0.05, 0.1) is 12.7 Å². The standard InChI is InChI=1S/C18H20O3/c1-4-13(2)14-9-5-6-10-15(14)18(19)21-17-12-8-7-11-16(17)20-3/h5-13H,4H2,1-3H3. The molecule has 0 radical (unpaired) electrons. The SMILES string of the molecule is CCC(C)c1ccccc1C(=O)Oc1ccccc1OC. The molecule has 0 aromatic heterocycles. The highest BCUT2D eigenvalue weighted by atomic mass is 16.6. The molecule has 21 heavy (non-hydrogen) atoms. The van der Waals surface area contributed by atoms with Crippen molar-refractivity contribution in [1.29, 1.82) is 0 Å². The normalized spacial score (nSPS) is 11.8. The first kappa shape index (κ1) is 15.1. The van der Waals surface area contributed by atoms with E-state index in [4.69, 9.17) is 9.47 Å². The molecule has 0 aliphatic heterocycles. The molecule has 0 N–H and O–H groups in total. The maximum absolute atomic E-state index is 12.4. The minimum absolute atomic E-state index is 0.311. The van der Waals surface area contributed by atoms with Crippen molar-refractivity contribution < 1.29 is 14.3 Å². The van der Waals surface area contributed by atoms with Crippen molar-refractivity contribution in [3.05, 3.63) is 59.7 Å². The lowest BCUT2D eigenvalue weighted by molar-refractivity contribution is 0.0728. The number of ether oxygens (including phenoxy) is 2. The molecule has 2 aromatic carbocycles. The van der Waals surface area contributed by atoms with Crippen molar-refractivity contribution in [3.8, 4) is 11.5 Å². The number of hydrogen-bond donors (Lipinski definition) is 0. The number of hydrogen-bond acceptors (Lipinski definition) is 3. The summed E-state index contributed by atoms with van der Waals surface area (Å²) < 4.78 is 10.7. The van der Waals surface area contributed by atoms with E-state index in [-0.39, 0.29) is 5.97 Å². The monoisotopic (exact) mass is 284 g/mol. The second-order valence-electron chi connectivity index (χ2n) is 4.94. The minimum Gasteiger partial charge on any atom is -0.493 e. The Kier molecular flexibility index (Phi) is 4.99. The summed E-state index contributed by atoms with van der Waals surface area (Å²) >= 11 is 0. The van der Waals surface area contributed by atoms with E-state index in [1.807, 2.05) is 30.3 Å². The molecule has 0 amide bonds. The van der Waals surface area contributed by atoms with E-state index in [0.717, 1.165) is 12.0 Å². The molecule has 1 atom stereocenters. The number of para-hydroxylation sites is 2. The van der Waals surface area contributed by atoms with Crippen LogP contribution < -0.4 is 9.47 Å². The molecular formula is C18H20O3. The van der Waals surface area contributed by atoms with Crippen LogP contribution in [-0.2, 0) is 0 Å². The molecule has 0 saturated carbocycles. The molecule has 0 bridgehead atoms. The molecule has 3 heteroatoms. The van der Waals surface area contributed by atoms with Gasteiger partial charge in [0, 0.05) is 0 Å². The van der Waals surface area contributed by atoms with Gasteiger partial charge in [0.25, 0.3) is 0 Å². The summed E-state index contributed by atoms with van der Waals surface area (Å²) in [6, 6.07) is 14.7. The largest absolute Gasteiger partial charge is 0.493 e. The highest BCUT2D eigenvalue weighted by molar-refractivity contribution is 5.93. The fourth-order valence-corrected chi connectivity index (χ4v) is 2.19.